The third-order valence-electron chi connectivity index (χ3n) is 4.50. The normalized spacial score (nSPS) is 28.7. The Morgan fingerprint density at radius 2 is 2.00 bits per heavy atom. The van der Waals surface area contributed by atoms with Crippen molar-refractivity contribution in [1.82, 2.24) is 10.2 Å². The highest BCUT2D eigenvalue weighted by Crippen LogP contribution is 2.28. The minimum absolute atomic E-state index is 0.0897. The number of rotatable bonds is 4. The molecule has 2 aliphatic rings. The molecule has 0 bridgehead atoms. The summed E-state index contributed by atoms with van der Waals surface area (Å²) in [6.45, 7) is 3.16. The van der Waals surface area contributed by atoms with E-state index in [1.807, 2.05) is 11.9 Å². The molecule has 3 nitrogen and oxygen atoms in total. The van der Waals surface area contributed by atoms with E-state index in [2.05, 4.69) is 12.2 Å². The van der Waals surface area contributed by atoms with Gasteiger partial charge >= 0.3 is 0 Å². The predicted octanol–water partition coefficient (Wildman–Crippen LogP) is 2.17. The number of hydrogen-bond acceptors (Lipinski definition) is 2. The molecule has 1 saturated heterocycles. The number of nitrogens with one attached hydrogen (secondary N) is 1. The zero-order valence-electron chi connectivity index (χ0n) is 11.2. The number of carbonyl (C=O) groups excluding carboxylic acids is 1. The van der Waals surface area contributed by atoms with E-state index < -0.39 is 0 Å². The van der Waals surface area contributed by atoms with Crippen molar-refractivity contribution in [3.63, 3.8) is 0 Å². The predicted molar refractivity (Wildman–Crippen MR) is 69.8 cm³/mol. The van der Waals surface area contributed by atoms with Crippen LogP contribution in [0.3, 0.4) is 0 Å². The lowest BCUT2D eigenvalue weighted by atomic mass is 9.82. The Balaban J connectivity index is 1.88. The highest BCUT2D eigenvalue weighted by Gasteiger charge is 2.32. The van der Waals surface area contributed by atoms with Crippen molar-refractivity contribution >= 4 is 5.91 Å². The minimum atomic E-state index is 0.0897. The molecule has 2 fully saturated rings. The van der Waals surface area contributed by atoms with Gasteiger partial charge < -0.3 is 10.2 Å². The second-order valence-electron chi connectivity index (χ2n) is 5.68. The average Bonchev–Trinajstić information content (AvgIpc) is 2.68. The molecule has 1 aliphatic heterocycles. The summed E-state index contributed by atoms with van der Waals surface area (Å²) in [5.41, 5.74) is 0. The molecule has 0 radical (unpaired) electrons. The lowest BCUT2D eigenvalue weighted by Gasteiger charge is -2.32. The number of likely N-dealkylation sites (N-methyl/N-ethyl adjacent to an activating group) is 1. The van der Waals surface area contributed by atoms with Crippen LogP contribution < -0.4 is 5.32 Å². The first kappa shape index (κ1) is 12.9. The molecule has 3 heteroatoms. The summed E-state index contributed by atoms with van der Waals surface area (Å²) >= 11 is 0. The summed E-state index contributed by atoms with van der Waals surface area (Å²) in [5, 5.41) is 3.62. The molecule has 1 amide bonds. The van der Waals surface area contributed by atoms with E-state index >= 15 is 0 Å². The van der Waals surface area contributed by atoms with Crippen molar-refractivity contribution in [1.29, 1.82) is 0 Å². The molecule has 1 N–H and O–H groups in total. The SMILES string of the molecule is CCC(NC1CCN(C)C1=O)C1CCCCC1. The summed E-state index contributed by atoms with van der Waals surface area (Å²) in [4.78, 5) is 13.8. The number of hydrogen-bond donors (Lipinski definition) is 1. The molecule has 17 heavy (non-hydrogen) atoms. The first-order valence-corrected chi connectivity index (χ1v) is 7.23. The third kappa shape index (κ3) is 3.01. The van der Waals surface area contributed by atoms with E-state index in [9.17, 15) is 4.79 Å². The van der Waals surface area contributed by atoms with Crippen LogP contribution in [0.15, 0.2) is 0 Å². The van der Waals surface area contributed by atoms with Gasteiger partial charge in [0, 0.05) is 19.6 Å². The monoisotopic (exact) mass is 238 g/mol. The topological polar surface area (TPSA) is 32.3 Å². The Hall–Kier alpha value is -0.570. The van der Waals surface area contributed by atoms with E-state index in [0.717, 1.165) is 25.3 Å². The molecule has 0 aromatic rings. The van der Waals surface area contributed by atoms with E-state index in [-0.39, 0.29) is 6.04 Å². The Bertz CT molecular complexity index is 261. The highest BCUT2D eigenvalue weighted by atomic mass is 16.2. The maximum absolute atomic E-state index is 11.9. The van der Waals surface area contributed by atoms with Gasteiger partial charge in [0.05, 0.1) is 6.04 Å². The van der Waals surface area contributed by atoms with Crippen LogP contribution in [-0.4, -0.2) is 36.5 Å². The molecule has 0 spiro atoms. The summed E-state index contributed by atoms with van der Waals surface area (Å²) in [6.07, 6.45) is 8.99. The fraction of sp³-hybridized carbons (Fsp3) is 0.929. The zero-order chi connectivity index (χ0) is 12.3. The van der Waals surface area contributed by atoms with Gasteiger partial charge in [0.1, 0.15) is 0 Å². The van der Waals surface area contributed by atoms with Crippen LogP contribution in [0, 0.1) is 5.92 Å². The molecule has 2 unspecified atom stereocenters. The van der Waals surface area contributed by atoms with Crippen molar-refractivity contribution in [2.45, 2.75) is 64.0 Å². The number of amides is 1. The molecular formula is C14H26N2O. The van der Waals surface area contributed by atoms with Crippen molar-refractivity contribution < 1.29 is 4.79 Å². The summed E-state index contributed by atoms with van der Waals surface area (Å²) in [5.74, 6) is 1.09. The van der Waals surface area contributed by atoms with Gasteiger partial charge in [-0.05, 0) is 31.6 Å². The standard InChI is InChI=1S/C14H26N2O/c1-3-12(11-7-5-4-6-8-11)15-13-9-10-16(2)14(13)17/h11-13,15H,3-10H2,1-2H3. The van der Waals surface area contributed by atoms with Crippen LogP contribution in [0.1, 0.15) is 51.9 Å². The van der Waals surface area contributed by atoms with Crippen LogP contribution in [0.25, 0.3) is 0 Å². The third-order valence-corrected chi connectivity index (χ3v) is 4.50. The van der Waals surface area contributed by atoms with Crippen LogP contribution >= 0.6 is 0 Å². The molecule has 2 atom stereocenters. The lowest BCUT2D eigenvalue weighted by molar-refractivity contribution is -0.128. The van der Waals surface area contributed by atoms with Gasteiger partial charge in [-0.1, -0.05) is 26.2 Å². The lowest BCUT2D eigenvalue weighted by Crippen LogP contribution is -2.46. The van der Waals surface area contributed by atoms with Crippen LogP contribution in [0.2, 0.25) is 0 Å². The van der Waals surface area contributed by atoms with Gasteiger partial charge in [-0.3, -0.25) is 4.79 Å². The maximum atomic E-state index is 11.9. The van der Waals surface area contributed by atoms with E-state index in [4.69, 9.17) is 0 Å². The summed E-state index contributed by atoms with van der Waals surface area (Å²) in [6, 6.07) is 0.641. The smallest absolute Gasteiger partial charge is 0.239 e. The van der Waals surface area contributed by atoms with Crippen molar-refractivity contribution in [2.24, 2.45) is 5.92 Å². The zero-order valence-corrected chi connectivity index (χ0v) is 11.2. The van der Waals surface area contributed by atoms with Crippen molar-refractivity contribution in [3.8, 4) is 0 Å². The fourth-order valence-electron chi connectivity index (χ4n) is 3.36. The number of nitrogens with zero attached hydrogens (tertiary/aromatic N) is 1. The van der Waals surface area contributed by atoms with Crippen LogP contribution in [-0.2, 0) is 4.79 Å². The van der Waals surface area contributed by atoms with Gasteiger partial charge in [-0.25, -0.2) is 0 Å². The quantitative estimate of drug-likeness (QED) is 0.814. The van der Waals surface area contributed by atoms with Crippen LogP contribution in [0.4, 0.5) is 0 Å². The molecule has 2 rings (SSSR count). The first-order chi connectivity index (χ1) is 8.22. The molecule has 1 aliphatic carbocycles. The summed E-state index contributed by atoms with van der Waals surface area (Å²) in [7, 11) is 1.91. The van der Waals surface area contributed by atoms with Crippen molar-refractivity contribution in [3.05, 3.63) is 0 Å². The molecule has 1 saturated carbocycles. The number of carbonyl (C=O) groups is 1. The first-order valence-electron chi connectivity index (χ1n) is 7.23. The Labute approximate surface area is 105 Å². The van der Waals surface area contributed by atoms with E-state index in [1.54, 1.807) is 0 Å². The van der Waals surface area contributed by atoms with Crippen molar-refractivity contribution in [2.75, 3.05) is 13.6 Å². The number of likely N-dealkylation sites (tertiary alicyclic amines) is 1. The Kier molecular flexibility index (Phi) is 4.43. The maximum Gasteiger partial charge on any atom is 0.239 e. The second-order valence-corrected chi connectivity index (χ2v) is 5.68. The molecule has 98 valence electrons. The fourth-order valence-corrected chi connectivity index (χ4v) is 3.36. The van der Waals surface area contributed by atoms with E-state index in [0.29, 0.717) is 11.9 Å². The molecule has 0 aromatic carbocycles. The van der Waals surface area contributed by atoms with Gasteiger partial charge in [-0.2, -0.15) is 0 Å². The minimum Gasteiger partial charge on any atom is -0.344 e. The average molecular weight is 238 g/mol. The van der Waals surface area contributed by atoms with E-state index in [1.165, 1.54) is 32.1 Å². The second kappa shape index (κ2) is 5.85. The van der Waals surface area contributed by atoms with Crippen LogP contribution in [0.5, 0.6) is 0 Å². The molecular weight excluding hydrogens is 212 g/mol. The molecule has 0 aromatic heterocycles. The Morgan fingerprint density at radius 3 is 2.53 bits per heavy atom. The van der Waals surface area contributed by atoms with Gasteiger partial charge in [0.2, 0.25) is 5.91 Å². The molecule has 1 heterocycles. The summed E-state index contributed by atoms with van der Waals surface area (Å²) < 4.78 is 0. The Morgan fingerprint density at radius 1 is 1.29 bits per heavy atom. The van der Waals surface area contributed by atoms with Gasteiger partial charge in [0.25, 0.3) is 0 Å². The van der Waals surface area contributed by atoms with Gasteiger partial charge in [0.15, 0.2) is 0 Å². The largest absolute Gasteiger partial charge is 0.344 e. The highest BCUT2D eigenvalue weighted by molar-refractivity contribution is 5.83. The van der Waals surface area contributed by atoms with Gasteiger partial charge in [-0.15, -0.1) is 0 Å².